The summed E-state index contributed by atoms with van der Waals surface area (Å²) in [6.45, 7) is 6.08. The standard InChI is InChI=1S/C36H32N4O5/c1-4-8-30-21-27(22-34(44-3)35(30)45-24-26-12-16-32(17-13-26)40(42)43)23-37-38-36(41)29-14-18-31(19-15-29)39-25(2)11-20-33(39)28-9-6-5-7-10-28/h4-7,9-23H,1,8,24H2,2-3H3,(H,38,41)/b37-23+. The number of allylic oxidation sites excluding steroid dienone is 1. The summed E-state index contributed by atoms with van der Waals surface area (Å²) in [5, 5.41) is 15.1. The molecular weight excluding hydrogens is 568 g/mol. The molecule has 5 aromatic rings. The average molecular weight is 601 g/mol. The smallest absolute Gasteiger partial charge is 0.271 e. The van der Waals surface area contributed by atoms with Gasteiger partial charge in [0.2, 0.25) is 0 Å². The van der Waals surface area contributed by atoms with E-state index in [0.717, 1.165) is 33.8 Å². The van der Waals surface area contributed by atoms with E-state index in [4.69, 9.17) is 9.47 Å². The number of non-ortho nitro benzene ring substituents is 1. The quantitative estimate of drug-likeness (QED) is 0.0693. The molecule has 0 radical (unpaired) electrons. The summed E-state index contributed by atoms with van der Waals surface area (Å²) < 4.78 is 13.8. The third kappa shape index (κ3) is 7.17. The second kappa shape index (κ2) is 14.0. The highest BCUT2D eigenvalue weighted by molar-refractivity contribution is 5.95. The van der Waals surface area contributed by atoms with E-state index in [9.17, 15) is 14.9 Å². The van der Waals surface area contributed by atoms with Crippen molar-refractivity contribution in [3.05, 3.63) is 154 Å². The van der Waals surface area contributed by atoms with Crippen LogP contribution < -0.4 is 14.9 Å². The van der Waals surface area contributed by atoms with E-state index >= 15 is 0 Å². The van der Waals surface area contributed by atoms with Crippen molar-refractivity contribution >= 4 is 17.8 Å². The third-order valence-corrected chi connectivity index (χ3v) is 7.18. The maximum Gasteiger partial charge on any atom is 0.271 e. The minimum atomic E-state index is -0.443. The van der Waals surface area contributed by atoms with Crippen molar-refractivity contribution in [3.8, 4) is 28.4 Å². The number of nitro groups is 1. The SMILES string of the molecule is C=CCc1cc(/C=N/NC(=O)c2ccc(-n3c(C)ccc3-c3ccccc3)cc2)cc(OC)c1OCc1ccc([N+](=O)[O-])cc1. The molecule has 1 heterocycles. The number of nitrogens with one attached hydrogen (secondary N) is 1. The highest BCUT2D eigenvalue weighted by Crippen LogP contribution is 2.34. The van der Waals surface area contributed by atoms with E-state index in [-0.39, 0.29) is 18.2 Å². The van der Waals surface area contributed by atoms with Gasteiger partial charge in [0.25, 0.3) is 11.6 Å². The Bertz CT molecular complexity index is 1840. The van der Waals surface area contributed by atoms with E-state index in [1.165, 1.54) is 25.5 Å². The van der Waals surface area contributed by atoms with Crippen molar-refractivity contribution < 1.29 is 19.2 Å². The van der Waals surface area contributed by atoms with Crippen molar-refractivity contribution in [2.75, 3.05) is 7.11 Å². The number of ether oxygens (including phenoxy) is 2. The zero-order valence-corrected chi connectivity index (χ0v) is 25.0. The van der Waals surface area contributed by atoms with Gasteiger partial charge >= 0.3 is 0 Å². The average Bonchev–Trinajstić information content (AvgIpc) is 3.45. The summed E-state index contributed by atoms with van der Waals surface area (Å²) in [5.41, 5.74) is 9.58. The molecular formula is C36H32N4O5. The molecule has 9 heteroatoms. The lowest BCUT2D eigenvalue weighted by Crippen LogP contribution is -2.17. The third-order valence-electron chi connectivity index (χ3n) is 7.18. The molecule has 0 unspecified atom stereocenters. The van der Waals surface area contributed by atoms with Crippen molar-refractivity contribution in [2.24, 2.45) is 5.10 Å². The predicted molar refractivity (Wildman–Crippen MR) is 175 cm³/mol. The molecule has 1 N–H and O–H groups in total. The number of benzene rings is 4. The summed E-state index contributed by atoms with van der Waals surface area (Å²) in [6, 6.07) is 31.5. The van der Waals surface area contributed by atoms with Crippen molar-refractivity contribution in [1.29, 1.82) is 0 Å². The summed E-state index contributed by atoms with van der Waals surface area (Å²) in [4.78, 5) is 23.4. The number of aryl methyl sites for hydroxylation is 1. The van der Waals surface area contributed by atoms with E-state index in [2.05, 4.69) is 52.9 Å². The fourth-order valence-electron chi connectivity index (χ4n) is 4.96. The van der Waals surface area contributed by atoms with Crippen LogP contribution in [-0.4, -0.2) is 28.7 Å². The number of aromatic nitrogens is 1. The lowest BCUT2D eigenvalue weighted by Gasteiger charge is -2.16. The van der Waals surface area contributed by atoms with Gasteiger partial charge in [0.15, 0.2) is 11.5 Å². The van der Waals surface area contributed by atoms with Gasteiger partial charge in [-0.1, -0.05) is 36.4 Å². The highest BCUT2D eigenvalue weighted by Gasteiger charge is 2.14. The topological polar surface area (TPSA) is 108 Å². The number of nitro benzene ring substituents is 1. The van der Waals surface area contributed by atoms with Crippen LogP contribution in [0.4, 0.5) is 5.69 Å². The van der Waals surface area contributed by atoms with Crippen molar-refractivity contribution in [3.63, 3.8) is 0 Å². The number of hydrogen-bond acceptors (Lipinski definition) is 6. The number of nitrogens with zero attached hydrogens (tertiary/aromatic N) is 3. The van der Waals surface area contributed by atoms with Gasteiger partial charge in [-0.25, -0.2) is 5.43 Å². The monoisotopic (exact) mass is 600 g/mol. The lowest BCUT2D eigenvalue weighted by molar-refractivity contribution is -0.384. The number of amides is 1. The molecule has 0 atom stereocenters. The second-order valence-corrected chi connectivity index (χ2v) is 10.2. The molecule has 0 fully saturated rings. The fraction of sp³-hybridized carbons (Fsp3) is 0.111. The molecule has 0 saturated heterocycles. The van der Waals surface area contributed by atoms with Gasteiger partial charge < -0.3 is 14.0 Å². The first-order chi connectivity index (χ1) is 21.9. The number of hydrazone groups is 1. The van der Waals surface area contributed by atoms with Crippen LogP contribution >= 0.6 is 0 Å². The Balaban J connectivity index is 1.27. The number of carbonyl (C=O) groups is 1. The largest absolute Gasteiger partial charge is 0.493 e. The van der Waals surface area contributed by atoms with Gasteiger partial charge in [0, 0.05) is 34.6 Å². The number of hydrogen-bond donors (Lipinski definition) is 1. The molecule has 9 nitrogen and oxygen atoms in total. The zero-order chi connectivity index (χ0) is 31.8. The van der Waals surface area contributed by atoms with Gasteiger partial charge in [0.05, 0.1) is 23.9 Å². The molecule has 0 spiro atoms. The normalized spacial score (nSPS) is 10.9. The van der Waals surface area contributed by atoms with Gasteiger partial charge in [-0.3, -0.25) is 14.9 Å². The van der Waals surface area contributed by atoms with Crippen LogP contribution in [-0.2, 0) is 13.0 Å². The molecule has 0 aliphatic rings. The maximum absolute atomic E-state index is 12.9. The van der Waals surface area contributed by atoms with Gasteiger partial charge in [-0.2, -0.15) is 5.10 Å². The minimum Gasteiger partial charge on any atom is -0.493 e. The van der Waals surface area contributed by atoms with Crippen LogP contribution in [0.2, 0.25) is 0 Å². The van der Waals surface area contributed by atoms with E-state index in [0.29, 0.717) is 29.0 Å². The molecule has 0 aliphatic heterocycles. The molecule has 0 bridgehead atoms. The first-order valence-electron chi connectivity index (χ1n) is 14.2. The van der Waals surface area contributed by atoms with Gasteiger partial charge in [-0.15, -0.1) is 6.58 Å². The second-order valence-electron chi connectivity index (χ2n) is 10.2. The Hall–Kier alpha value is -5.96. The van der Waals surface area contributed by atoms with E-state index in [1.807, 2.05) is 36.4 Å². The Morgan fingerprint density at radius 1 is 1.00 bits per heavy atom. The van der Waals surface area contributed by atoms with Crippen LogP contribution in [0, 0.1) is 17.0 Å². The van der Waals surface area contributed by atoms with Gasteiger partial charge in [-0.05, 0) is 90.7 Å². The summed E-state index contributed by atoms with van der Waals surface area (Å²) in [7, 11) is 1.54. The van der Waals surface area contributed by atoms with E-state index < -0.39 is 4.92 Å². The Morgan fingerprint density at radius 3 is 2.40 bits per heavy atom. The van der Waals surface area contributed by atoms with Crippen LogP contribution in [0.3, 0.4) is 0 Å². The van der Waals surface area contributed by atoms with Crippen LogP contribution in [0.5, 0.6) is 11.5 Å². The Labute approximate surface area is 261 Å². The van der Waals surface area contributed by atoms with Crippen LogP contribution in [0.1, 0.15) is 32.7 Å². The number of methoxy groups -OCH3 is 1. The molecule has 4 aromatic carbocycles. The fourth-order valence-corrected chi connectivity index (χ4v) is 4.96. The molecule has 1 amide bonds. The van der Waals surface area contributed by atoms with Crippen molar-refractivity contribution in [2.45, 2.75) is 20.0 Å². The van der Waals surface area contributed by atoms with Gasteiger partial charge in [0.1, 0.15) is 6.61 Å². The molecule has 5 rings (SSSR count). The number of carbonyl (C=O) groups excluding carboxylic acids is 1. The minimum absolute atomic E-state index is 0.0147. The van der Waals surface area contributed by atoms with Crippen molar-refractivity contribution in [1.82, 2.24) is 9.99 Å². The summed E-state index contributed by atoms with van der Waals surface area (Å²) in [6.07, 6.45) is 3.79. The maximum atomic E-state index is 12.9. The van der Waals surface area contributed by atoms with E-state index in [1.54, 1.807) is 36.4 Å². The van der Waals surface area contributed by atoms with Crippen LogP contribution in [0.25, 0.3) is 16.9 Å². The summed E-state index contributed by atoms with van der Waals surface area (Å²) in [5.74, 6) is 0.673. The molecule has 1 aromatic heterocycles. The zero-order valence-electron chi connectivity index (χ0n) is 25.0. The Morgan fingerprint density at radius 2 is 1.73 bits per heavy atom. The summed E-state index contributed by atoms with van der Waals surface area (Å²) >= 11 is 0. The first kappa shape index (κ1) is 30.5. The van der Waals surface area contributed by atoms with Crippen LogP contribution in [0.15, 0.2) is 121 Å². The molecule has 0 aliphatic carbocycles. The molecule has 226 valence electrons. The molecule has 0 saturated carbocycles. The number of rotatable bonds is 12. The Kier molecular flexibility index (Phi) is 9.49. The highest BCUT2D eigenvalue weighted by atomic mass is 16.6. The molecule has 45 heavy (non-hydrogen) atoms. The predicted octanol–water partition coefficient (Wildman–Crippen LogP) is 7.44. The lowest BCUT2D eigenvalue weighted by atomic mass is 10.1. The first-order valence-corrected chi connectivity index (χ1v) is 14.2.